The van der Waals surface area contributed by atoms with E-state index in [0.29, 0.717) is 28.6 Å². The van der Waals surface area contributed by atoms with E-state index in [2.05, 4.69) is 0 Å². The van der Waals surface area contributed by atoms with E-state index in [-0.39, 0.29) is 5.56 Å². The van der Waals surface area contributed by atoms with Gasteiger partial charge in [0.1, 0.15) is 5.00 Å². The third-order valence-electron chi connectivity index (χ3n) is 5.23. The first-order valence-electron chi connectivity index (χ1n) is 9.83. The molecule has 1 atom stereocenters. The second kappa shape index (κ2) is 9.42. The van der Waals surface area contributed by atoms with Gasteiger partial charge in [-0.2, -0.15) is 0 Å². The largest absolute Gasteiger partial charge is 0.755 e. The second-order valence-electron chi connectivity index (χ2n) is 7.36. The lowest BCUT2D eigenvalue weighted by Crippen LogP contribution is -2.19. The molecule has 0 aliphatic carbocycles. The van der Waals surface area contributed by atoms with E-state index in [1.165, 1.54) is 15.6 Å². The summed E-state index contributed by atoms with van der Waals surface area (Å²) in [5.41, 5.74) is 3.53. The Balaban J connectivity index is 1.63. The third kappa shape index (κ3) is 4.71. The molecule has 1 heterocycles. The van der Waals surface area contributed by atoms with Crippen LogP contribution in [0.15, 0.2) is 66.7 Å². The minimum absolute atomic E-state index is 0.254. The zero-order valence-corrected chi connectivity index (χ0v) is 19.5. The Morgan fingerprint density at radius 1 is 1.06 bits per heavy atom. The van der Waals surface area contributed by atoms with Crippen LogP contribution >= 0.6 is 22.9 Å². The molecule has 164 valence electrons. The number of hydrogen-bond acceptors (Lipinski definition) is 4. The van der Waals surface area contributed by atoms with Gasteiger partial charge in [0.2, 0.25) is 0 Å². The molecule has 4 rings (SSSR count). The van der Waals surface area contributed by atoms with E-state index in [1.54, 1.807) is 30.3 Å². The number of benzene rings is 3. The summed E-state index contributed by atoms with van der Waals surface area (Å²) in [7, 11) is 0. The van der Waals surface area contributed by atoms with Crippen LogP contribution < -0.4 is 4.31 Å². The summed E-state index contributed by atoms with van der Waals surface area (Å²) in [6.07, 6.45) is 1.29. The third-order valence-corrected chi connectivity index (χ3v) is 7.53. The molecule has 4 aromatic rings. The minimum atomic E-state index is -2.51. The van der Waals surface area contributed by atoms with Crippen molar-refractivity contribution >= 4 is 60.9 Å². The summed E-state index contributed by atoms with van der Waals surface area (Å²) >= 11 is 5.02. The van der Waals surface area contributed by atoms with Gasteiger partial charge in [-0.25, -0.2) is 4.79 Å². The van der Waals surface area contributed by atoms with E-state index in [0.717, 1.165) is 26.8 Å². The molecule has 0 spiro atoms. The highest BCUT2D eigenvalue weighted by atomic mass is 35.5. The normalized spacial score (nSPS) is 12.1. The van der Waals surface area contributed by atoms with Crippen molar-refractivity contribution in [3.63, 3.8) is 0 Å². The van der Waals surface area contributed by atoms with E-state index in [4.69, 9.17) is 11.6 Å². The number of carbonyl (C=O) groups is 1. The molecule has 1 unspecified atom stereocenters. The number of aryl methyl sites for hydroxylation is 3. The molecule has 0 amide bonds. The highest BCUT2D eigenvalue weighted by Gasteiger charge is 2.18. The number of nitrogens with zero attached hydrogens (tertiary/aromatic N) is 1. The maximum absolute atomic E-state index is 12.2. The van der Waals surface area contributed by atoms with Crippen LogP contribution in [0.25, 0.3) is 10.1 Å². The van der Waals surface area contributed by atoms with Gasteiger partial charge >= 0.3 is 5.97 Å². The Kier molecular flexibility index (Phi) is 6.62. The van der Waals surface area contributed by atoms with Gasteiger partial charge in [-0.3, -0.25) is 8.51 Å². The Morgan fingerprint density at radius 2 is 1.75 bits per heavy atom. The van der Waals surface area contributed by atoms with Crippen molar-refractivity contribution in [2.75, 3.05) is 4.31 Å². The monoisotopic (exact) mass is 484 g/mol. The van der Waals surface area contributed by atoms with Crippen molar-refractivity contribution in [1.82, 2.24) is 0 Å². The number of aromatic carboxylic acids is 1. The molecule has 0 aliphatic rings. The number of halogens is 1. The van der Waals surface area contributed by atoms with Crippen LogP contribution in [0, 0.1) is 6.92 Å². The fourth-order valence-electron chi connectivity index (χ4n) is 3.63. The van der Waals surface area contributed by atoms with Gasteiger partial charge in [0.05, 0.1) is 22.5 Å². The summed E-state index contributed by atoms with van der Waals surface area (Å²) < 4.78 is 26.8. The number of anilines is 2. The molecule has 3 aromatic carbocycles. The van der Waals surface area contributed by atoms with E-state index >= 15 is 0 Å². The molecule has 5 nitrogen and oxygen atoms in total. The molecule has 0 saturated carbocycles. The molecule has 8 heteroatoms. The molecule has 0 fully saturated rings. The van der Waals surface area contributed by atoms with Crippen molar-refractivity contribution in [3.05, 3.63) is 94.0 Å². The minimum Gasteiger partial charge on any atom is -0.755 e. The fraction of sp³-hybridized carbons (Fsp3) is 0.125. The van der Waals surface area contributed by atoms with Crippen LogP contribution in [-0.4, -0.2) is 19.8 Å². The second-order valence-corrected chi connectivity index (χ2v) is 9.63. The van der Waals surface area contributed by atoms with Crippen LogP contribution in [0.4, 0.5) is 10.7 Å². The molecular weight excluding hydrogens is 466 g/mol. The van der Waals surface area contributed by atoms with Crippen molar-refractivity contribution in [2.24, 2.45) is 0 Å². The van der Waals surface area contributed by atoms with Crippen LogP contribution in [-0.2, 0) is 24.1 Å². The highest BCUT2D eigenvalue weighted by molar-refractivity contribution is 7.81. The maximum atomic E-state index is 12.2. The van der Waals surface area contributed by atoms with Crippen LogP contribution in [0.3, 0.4) is 0 Å². The lowest BCUT2D eigenvalue weighted by Gasteiger charge is -2.26. The van der Waals surface area contributed by atoms with Gasteiger partial charge in [-0.05, 0) is 84.3 Å². The van der Waals surface area contributed by atoms with E-state index < -0.39 is 17.2 Å². The lowest BCUT2D eigenvalue weighted by atomic mass is 10.0. The molecule has 32 heavy (non-hydrogen) atoms. The van der Waals surface area contributed by atoms with Crippen molar-refractivity contribution < 1.29 is 18.7 Å². The Labute approximate surface area is 197 Å². The predicted octanol–water partition coefficient (Wildman–Crippen LogP) is 6.28. The van der Waals surface area contributed by atoms with Gasteiger partial charge in [-0.1, -0.05) is 35.9 Å². The average molecular weight is 485 g/mol. The van der Waals surface area contributed by atoms with Gasteiger partial charge < -0.3 is 9.66 Å². The number of carboxylic acids is 1. The van der Waals surface area contributed by atoms with Crippen LogP contribution in [0.1, 0.15) is 27.0 Å². The van der Waals surface area contributed by atoms with Crippen LogP contribution in [0.2, 0.25) is 5.02 Å². The first-order valence-corrected chi connectivity index (χ1v) is 12.1. The first-order chi connectivity index (χ1) is 15.3. The lowest BCUT2D eigenvalue weighted by molar-refractivity contribution is 0.0696. The number of rotatable bonds is 7. The van der Waals surface area contributed by atoms with Gasteiger partial charge in [0, 0.05) is 9.72 Å². The molecule has 1 N–H and O–H groups in total. The number of fused-ring (bicyclic) bond motifs is 1. The summed E-state index contributed by atoms with van der Waals surface area (Å²) in [4.78, 5) is 11.2. The molecule has 0 radical (unpaired) electrons. The predicted molar refractivity (Wildman–Crippen MR) is 130 cm³/mol. The Hall–Kier alpha value is -2.71. The number of carboxylic acid groups (broad SMARTS) is 1. The molecular formula is C24H19ClNO4S2-. The van der Waals surface area contributed by atoms with E-state index in [1.807, 2.05) is 43.3 Å². The summed E-state index contributed by atoms with van der Waals surface area (Å²) in [5.74, 6) is -0.956. The van der Waals surface area contributed by atoms with Crippen molar-refractivity contribution in [1.29, 1.82) is 0 Å². The summed E-state index contributed by atoms with van der Waals surface area (Å²) in [6.45, 7) is 1.89. The van der Waals surface area contributed by atoms with Crippen LogP contribution in [0.5, 0.6) is 0 Å². The SMILES string of the molecule is Cc1c(N(c2cccc(CCc3cccc(C(=O)O)c3)c2)S(=O)[O-])sc2ccc(Cl)cc12. The highest BCUT2D eigenvalue weighted by Crippen LogP contribution is 2.42. The molecule has 1 aromatic heterocycles. The zero-order chi connectivity index (χ0) is 22.8. The fourth-order valence-corrected chi connectivity index (χ4v) is 5.77. The van der Waals surface area contributed by atoms with Gasteiger partial charge in [0.15, 0.2) is 0 Å². The molecule has 0 bridgehead atoms. The summed E-state index contributed by atoms with van der Waals surface area (Å²) in [6, 6.07) is 19.8. The van der Waals surface area contributed by atoms with E-state index in [9.17, 15) is 18.7 Å². The van der Waals surface area contributed by atoms with Crippen molar-refractivity contribution in [3.8, 4) is 0 Å². The van der Waals surface area contributed by atoms with Crippen molar-refractivity contribution in [2.45, 2.75) is 19.8 Å². The Bertz CT molecular complexity index is 1330. The number of hydrogen-bond donors (Lipinski definition) is 1. The first kappa shape index (κ1) is 22.5. The smallest absolute Gasteiger partial charge is 0.335 e. The average Bonchev–Trinajstić information content (AvgIpc) is 3.08. The summed E-state index contributed by atoms with van der Waals surface area (Å²) in [5, 5.41) is 11.3. The molecule has 0 saturated heterocycles. The van der Waals surface area contributed by atoms with Gasteiger partial charge in [-0.15, -0.1) is 11.3 Å². The number of thiophene rings is 1. The maximum Gasteiger partial charge on any atom is 0.335 e. The zero-order valence-electron chi connectivity index (χ0n) is 17.1. The standard InChI is InChI=1S/C24H20ClNO4S2/c1-15-21-14-19(25)10-11-22(21)31-23(15)26(32(29)30)20-7-3-5-17(13-20)9-8-16-4-2-6-18(12-16)24(27)28/h2-7,10-14H,8-9H2,1H3,(H,27,28)(H,29,30)/p-1. The Morgan fingerprint density at radius 3 is 2.44 bits per heavy atom. The van der Waals surface area contributed by atoms with Gasteiger partial charge in [0.25, 0.3) is 0 Å². The quantitative estimate of drug-likeness (QED) is 0.313. The topological polar surface area (TPSA) is 80.7 Å². The molecule has 0 aliphatic heterocycles.